The molecule has 0 aliphatic rings. The summed E-state index contributed by atoms with van der Waals surface area (Å²) in [4.78, 5) is 13.5. The molecular formula is C23H18BrClN2O3S2. The fraction of sp³-hybridized carbons (Fsp3) is 0.0870. The van der Waals surface area contributed by atoms with Gasteiger partial charge in [0, 0.05) is 26.9 Å². The lowest BCUT2D eigenvalue weighted by Crippen LogP contribution is -2.26. The molecule has 0 saturated heterocycles. The number of benzene rings is 3. The first-order chi connectivity index (χ1) is 15.1. The summed E-state index contributed by atoms with van der Waals surface area (Å²) in [5, 5.41) is 4.31. The van der Waals surface area contributed by atoms with Gasteiger partial charge < -0.3 is 5.32 Å². The molecule has 0 saturated carbocycles. The van der Waals surface area contributed by atoms with Gasteiger partial charge in [-0.15, -0.1) is 11.3 Å². The third-order valence-electron chi connectivity index (χ3n) is 5.00. The fourth-order valence-electron chi connectivity index (χ4n) is 3.19. The van der Waals surface area contributed by atoms with Crippen molar-refractivity contribution in [2.45, 2.75) is 11.8 Å². The normalized spacial score (nSPS) is 11.5. The second-order valence-electron chi connectivity index (χ2n) is 7.17. The van der Waals surface area contributed by atoms with E-state index in [0.717, 1.165) is 20.1 Å². The number of halogens is 2. The SMILES string of the molecule is Cc1cc(Cl)ccc1NC(=O)c1cc2cc(N(C)S(=O)(=O)c3ccc(Br)cc3)ccc2s1. The Labute approximate surface area is 203 Å². The van der Waals surface area contributed by atoms with Crippen molar-refractivity contribution >= 4 is 76.3 Å². The van der Waals surface area contributed by atoms with E-state index in [9.17, 15) is 13.2 Å². The third kappa shape index (κ3) is 4.54. The molecule has 0 atom stereocenters. The van der Waals surface area contributed by atoms with Crippen molar-refractivity contribution < 1.29 is 13.2 Å². The van der Waals surface area contributed by atoms with Gasteiger partial charge in [-0.2, -0.15) is 0 Å². The van der Waals surface area contributed by atoms with Crippen molar-refractivity contribution in [2.24, 2.45) is 0 Å². The highest BCUT2D eigenvalue weighted by molar-refractivity contribution is 9.10. The number of thiophene rings is 1. The van der Waals surface area contributed by atoms with E-state index in [-0.39, 0.29) is 10.8 Å². The van der Waals surface area contributed by atoms with Crippen LogP contribution >= 0.6 is 38.9 Å². The number of nitrogens with zero attached hydrogens (tertiary/aromatic N) is 1. The van der Waals surface area contributed by atoms with Crippen LogP contribution in [0.2, 0.25) is 5.02 Å². The van der Waals surface area contributed by atoms with E-state index in [1.54, 1.807) is 60.7 Å². The number of carbonyl (C=O) groups excluding carboxylic acids is 1. The standard InChI is InChI=1S/C23H18BrClN2O3S2/c1-14-11-17(25)5-9-20(14)26-23(28)22-13-15-12-18(6-10-21(15)31-22)27(2)32(29,30)19-7-3-16(24)4-8-19/h3-13H,1-2H3,(H,26,28). The Kier molecular flexibility index (Phi) is 6.31. The maximum atomic E-state index is 13.0. The van der Waals surface area contributed by atoms with Gasteiger partial charge in [0.1, 0.15) is 0 Å². The molecule has 1 N–H and O–H groups in total. The van der Waals surface area contributed by atoms with E-state index in [1.807, 2.05) is 13.0 Å². The molecule has 0 unspecified atom stereocenters. The number of carbonyl (C=O) groups is 1. The Bertz CT molecular complexity index is 1430. The maximum absolute atomic E-state index is 13.0. The first-order valence-corrected chi connectivity index (χ1v) is 12.9. The third-order valence-corrected chi connectivity index (χ3v) is 8.67. The molecule has 164 valence electrons. The van der Waals surface area contributed by atoms with Gasteiger partial charge in [0.05, 0.1) is 15.5 Å². The van der Waals surface area contributed by atoms with Gasteiger partial charge in [-0.1, -0.05) is 27.5 Å². The molecule has 32 heavy (non-hydrogen) atoms. The highest BCUT2D eigenvalue weighted by atomic mass is 79.9. The van der Waals surface area contributed by atoms with Gasteiger partial charge in [0.15, 0.2) is 0 Å². The minimum Gasteiger partial charge on any atom is -0.321 e. The largest absolute Gasteiger partial charge is 0.321 e. The minimum absolute atomic E-state index is 0.201. The van der Waals surface area contributed by atoms with Gasteiger partial charge in [-0.3, -0.25) is 9.10 Å². The van der Waals surface area contributed by atoms with Crippen molar-refractivity contribution in [3.63, 3.8) is 0 Å². The zero-order chi connectivity index (χ0) is 23.0. The van der Waals surface area contributed by atoms with Gasteiger partial charge in [-0.25, -0.2) is 8.42 Å². The van der Waals surface area contributed by atoms with Crippen molar-refractivity contribution in [2.75, 3.05) is 16.7 Å². The molecule has 0 bridgehead atoms. The van der Waals surface area contributed by atoms with Crippen LogP contribution < -0.4 is 9.62 Å². The average molecular weight is 550 g/mol. The molecule has 4 aromatic rings. The number of fused-ring (bicyclic) bond motifs is 1. The second-order valence-corrected chi connectivity index (χ2v) is 11.6. The van der Waals surface area contributed by atoms with E-state index in [4.69, 9.17) is 11.6 Å². The van der Waals surface area contributed by atoms with Gasteiger partial charge >= 0.3 is 0 Å². The fourth-order valence-corrected chi connectivity index (χ4v) is 5.81. The summed E-state index contributed by atoms with van der Waals surface area (Å²) >= 11 is 10.6. The van der Waals surface area contributed by atoms with Crippen LogP contribution in [0, 0.1) is 6.92 Å². The van der Waals surface area contributed by atoms with Crippen LogP contribution in [-0.2, 0) is 10.0 Å². The highest BCUT2D eigenvalue weighted by Gasteiger charge is 2.22. The van der Waals surface area contributed by atoms with Crippen LogP contribution in [-0.4, -0.2) is 21.4 Å². The zero-order valence-corrected chi connectivity index (χ0v) is 21.1. The summed E-state index contributed by atoms with van der Waals surface area (Å²) in [6.45, 7) is 1.88. The van der Waals surface area contributed by atoms with Crippen LogP contribution in [0.25, 0.3) is 10.1 Å². The molecule has 4 rings (SSSR count). The van der Waals surface area contributed by atoms with Crippen molar-refractivity contribution in [1.29, 1.82) is 0 Å². The number of hydrogen-bond acceptors (Lipinski definition) is 4. The smallest absolute Gasteiger partial charge is 0.265 e. The van der Waals surface area contributed by atoms with E-state index in [0.29, 0.717) is 21.3 Å². The molecule has 0 aliphatic heterocycles. The van der Waals surface area contributed by atoms with Gasteiger partial charge in [-0.05, 0) is 84.6 Å². The van der Waals surface area contributed by atoms with Crippen LogP contribution in [0.5, 0.6) is 0 Å². The molecule has 0 radical (unpaired) electrons. The molecular weight excluding hydrogens is 532 g/mol. The van der Waals surface area contributed by atoms with Crippen LogP contribution in [0.15, 0.2) is 76.1 Å². The predicted molar refractivity (Wildman–Crippen MR) is 136 cm³/mol. The van der Waals surface area contributed by atoms with Gasteiger partial charge in [0.2, 0.25) is 0 Å². The zero-order valence-electron chi connectivity index (χ0n) is 17.1. The Morgan fingerprint density at radius 1 is 1.03 bits per heavy atom. The molecule has 9 heteroatoms. The Morgan fingerprint density at radius 3 is 2.44 bits per heavy atom. The van der Waals surface area contributed by atoms with E-state index < -0.39 is 10.0 Å². The summed E-state index contributed by atoms with van der Waals surface area (Å²) in [7, 11) is -2.19. The highest BCUT2D eigenvalue weighted by Crippen LogP contribution is 2.32. The first kappa shape index (κ1) is 22.8. The molecule has 0 aliphatic carbocycles. The molecule has 1 heterocycles. The number of hydrogen-bond donors (Lipinski definition) is 1. The molecule has 1 aromatic heterocycles. The summed E-state index contributed by atoms with van der Waals surface area (Å²) in [6, 6.07) is 18.9. The molecule has 3 aromatic carbocycles. The van der Waals surface area contributed by atoms with Crippen LogP contribution in [0.3, 0.4) is 0 Å². The Hall–Kier alpha value is -2.39. The number of rotatable bonds is 5. The van der Waals surface area contributed by atoms with E-state index >= 15 is 0 Å². The predicted octanol–water partition coefficient (Wildman–Crippen LogP) is 6.70. The summed E-state index contributed by atoms with van der Waals surface area (Å²) < 4.78 is 28.9. The molecule has 0 spiro atoms. The average Bonchev–Trinajstić information content (AvgIpc) is 3.19. The van der Waals surface area contributed by atoms with E-state index in [1.165, 1.54) is 22.7 Å². The van der Waals surface area contributed by atoms with Crippen molar-refractivity contribution in [3.8, 4) is 0 Å². The monoisotopic (exact) mass is 548 g/mol. The quantitative estimate of drug-likeness (QED) is 0.301. The number of amides is 1. The Morgan fingerprint density at radius 2 is 1.75 bits per heavy atom. The second kappa shape index (κ2) is 8.86. The minimum atomic E-state index is -3.71. The molecule has 0 fully saturated rings. The lowest BCUT2D eigenvalue weighted by molar-refractivity contribution is 0.103. The van der Waals surface area contributed by atoms with Crippen molar-refractivity contribution in [1.82, 2.24) is 0 Å². The van der Waals surface area contributed by atoms with Crippen LogP contribution in [0.4, 0.5) is 11.4 Å². The van der Waals surface area contributed by atoms with E-state index in [2.05, 4.69) is 21.2 Å². The number of aryl methyl sites for hydroxylation is 1. The molecule has 1 amide bonds. The lowest BCUT2D eigenvalue weighted by Gasteiger charge is -2.19. The first-order valence-electron chi connectivity index (χ1n) is 9.51. The maximum Gasteiger partial charge on any atom is 0.265 e. The molecule has 5 nitrogen and oxygen atoms in total. The Balaban J connectivity index is 1.61. The number of sulfonamides is 1. The summed E-state index contributed by atoms with van der Waals surface area (Å²) in [5.74, 6) is -0.228. The summed E-state index contributed by atoms with van der Waals surface area (Å²) in [5.41, 5.74) is 2.07. The summed E-state index contributed by atoms with van der Waals surface area (Å²) in [6.07, 6.45) is 0. The number of nitrogens with one attached hydrogen (secondary N) is 1. The van der Waals surface area contributed by atoms with Crippen LogP contribution in [0.1, 0.15) is 15.2 Å². The van der Waals surface area contributed by atoms with Crippen molar-refractivity contribution in [3.05, 3.63) is 86.7 Å². The topological polar surface area (TPSA) is 66.5 Å². The van der Waals surface area contributed by atoms with Gasteiger partial charge in [0.25, 0.3) is 15.9 Å². The number of anilines is 2. The lowest BCUT2D eigenvalue weighted by atomic mass is 10.2.